The van der Waals surface area contributed by atoms with Crippen molar-refractivity contribution in [2.75, 3.05) is 33.8 Å². The van der Waals surface area contributed by atoms with Crippen LogP contribution < -0.4 is 10.3 Å². The van der Waals surface area contributed by atoms with Crippen LogP contribution in [0.2, 0.25) is 5.02 Å². The van der Waals surface area contributed by atoms with Gasteiger partial charge in [0.15, 0.2) is 0 Å². The monoisotopic (exact) mass is 620 g/mol. The molecule has 5 aromatic rings. The van der Waals surface area contributed by atoms with Crippen LogP contribution in [-0.2, 0) is 16.6 Å². The molecular weight excluding hydrogens is 588 g/mol. The third kappa shape index (κ3) is 5.77. The van der Waals surface area contributed by atoms with E-state index in [9.17, 15) is 13.2 Å². The number of sulfonamides is 1. The van der Waals surface area contributed by atoms with E-state index in [1.807, 2.05) is 54.8 Å². The molecule has 10 nitrogen and oxygen atoms in total. The molecule has 1 saturated heterocycles. The molecule has 12 heteroatoms. The number of nitrogens with one attached hydrogen (secondary N) is 1. The van der Waals surface area contributed by atoms with Crippen LogP contribution >= 0.6 is 11.6 Å². The van der Waals surface area contributed by atoms with Gasteiger partial charge < -0.3 is 19.2 Å². The van der Waals surface area contributed by atoms with Crippen molar-refractivity contribution >= 4 is 43.6 Å². The first-order valence-corrected chi connectivity index (χ1v) is 16.0. The lowest BCUT2D eigenvalue weighted by Gasteiger charge is -2.21. The Labute approximate surface area is 254 Å². The smallest absolute Gasteiger partial charge is 0.259 e. The van der Waals surface area contributed by atoms with Crippen LogP contribution in [0.15, 0.2) is 70.6 Å². The largest absolute Gasteiger partial charge is 0.493 e. The number of imidazole rings is 1. The standard InChI is InChI=1S/C31H33ClN6O4S/c1-4-13-42-29-10-9-23(43(40,41)38-12-11-22(18-38)36(2)3)14-25(29)30-34-26-16-27-28(15-24(26)31(39)35-30)37(19-33-27)17-20-5-7-21(32)8-6-20/h5-10,14-16,19,22H,4,11-13,17-18H2,1-3H3,(H,34,35,39). The number of hydrogen-bond acceptors (Lipinski definition) is 7. The first kappa shape index (κ1) is 29.3. The summed E-state index contributed by atoms with van der Waals surface area (Å²) >= 11 is 6.03. The average molecular weight is 621 g/mol. The third-order valence-electron chi connectivity index (χ3n) is 7.88. The minimum absolute atomic E-state index is 0.130. The summed E-state index contributed by atoms with van der Waals surface area (Å²) in [4.78, 5) is 27.8. The molecule has 0 bridgehead atoms. The van der Waals surface area contributed by atoms with Gasteiger partial charge in [0.25, 0.3) is 5.56 Å². The molecular formula is C31H33ClN6O4S. The molecule has 1 aliphatic rings. The SMILES string of the molecule is CCCOc1ccc(S(=O)(=O)N2CCC(N(C)C)C2)cc1-c1nc2cc3ncn(Cc4ccc(Cl)cc4)c3cc2c(=O)[nH]1. The molecule has 2 aromatic heterocycles. The summed E-state index contributed by atoms with van der Waals surface area (Å²) in [6, 6.07) is 16.1. The number of hydrogen-bond donors (Lipinski definition) is 1. The van der Waals surface area contributed by atoms with E-state index in [1.165, 1.54) is 4.31 Å². The zero-order valence-electron chi connectivity index (χ0n) is 24.2. The van der Waals surface area contributed by atoms with Gasteiger partial charge in [0.2, 0.25) is 10.0 Å². The quantitative estimate of drug-likeness (QED) is 0.253. The van der Waals surface area contributed by atoms with Crippen molar-refractivity contribution in [3.05, 3.63) is 81.9 Å². The second kappa shape index (κ2) is 11.7. The van der Waals surface area contributed by atoms with Crippen LogP contribution in [-0.4, -0.2) is 77.0 Å². The highest BCUT2D eigenvalue weighted by Crippen LogP contribution is 2.33. The number of rotatable bonds is 9. The Hall–Kier alpha value is -3.77. The van der Waals surface area contributed by atoms with E-state index in [4.69, 9.17) is 21.3 Å². The number of H-pyrrole nitrogens is 1. The molecule has 3 heterocycles. The summed E-state index contributed by atoms with van der Waals surface area (Å²) in [5, 5.41) is 1.07. The zero-order valence-corrected chi connectivity index (χ0v) is 25.8. The van der Waals surface area contributed by atoms with Crippen molar-refractivity contribution in [3.8, 4) is 17.1 Å². The molecule has 1 aliphatic heterocycles. The van der Waals surface area contributed by atoms with Crippen molar-refractivity contribution in [1.82, 2.24) is 28.7 Å². The maximum atomic E-state index is 13.6. The van der Waals surface area contributed by atoms with E-state index in [0.29, 0.717) is 59.0 Å². The summed E-state index contributed by atoms with van der Waals surface area (Å²) in [5.41, 5.74) is 3.05. The molecule has 1 fully saturated rings. The third-order valence-corrected chi connectivity index (χ3v) is 9.99. The van der Waals surface area contributed by atoms with Crippen molar-refractivity contribution in [3.63, 3.8) is 0 Å². The van der Waals surface area contributed by atoms with Gasteiger partial charge in [0.05, 0.1) is 45.3 Å². The summed E-state index contributed by atoms with van der Waals surface area (Å²) in [7, 11) is 0.145. The number of aromatic amines is 1. The van der Waals surface area contributed by atoms with Crippen molar-refractivity contribution < 1.29 is 13.2 Å². The Kier molecular flexibility index (Phi) is 7.99. The average Bonchev–Trinajstić information content (AvgIpc) is 3.65. The van der Waals surface area contributed by atoms with Gasteiger partial charge in [0.1, 0.15) is 11.6 Å². The molecule has 0 spiro atoms. The highest BCUT2D eigenvalue weighted by Gasteiger charge is 2.34. The molecule has 1 N–H and O–H groups in total. The van der Waals surface area contributed by atoms with Gasteiger partial charge in [-0.25, -0.2) is 18.4 Å². The maximum absolute atomic E-state index is 13.6. The molecule has 0 amide bonds. The van der Waals surface area contributed by atoms with Gasteiger partial charge in [-0.2, -0.15) is 4.31 Å². The number of ether oxygens (including phenoxy) is 1. The highest BCUT2D eigenvalue weighted by molar-refractivity contribution is 7.89. The molecule has 0 aliphatic carbocycles. The predicted molar refractivity (Wildman–Crippen MR) is 168 cm³/mol. The summed E-state index contributed by atoms with van der Waals surface area (Å²) < 4.78 is 36.7. The lowest BCUT2D eigenvalue weighted by Crippen LogP contribution is -2.34. The van der Waals surface area contributed by atoms with Gasteiger partial charge in [0, 0.05) is 30.7 Å². The molecule has 43 heavy (non-hydrogen) atoms. The van der Waals surface area contributed by atoms with E-state index in [2.05, 4.69) is 9.97 Å². The molecule has 0 radical (unpaired) electrons. The van der Waals surface area contributed by atoms with E-state index >= 15 is 0 Å². The van der Waals surface area contributed by atoms with E-state index < -0.39 is 10.0 Å². The molecule has 0 saturated carbocycles. The van der Waals surface area contributed by atoms with Crippen LogP contribution in [0.4, 0.5) is 0 Å². The minimum atomic E-state index is -3.77. The van der Waals surface area contributed by atoms with Gasteiger partial charge in [-0.05, 0) is 75.0 Å². The van der Waals surface area contributed by atoms with Crippen molar-refractivity contribution in [2.45, 2.75) is 37.2 Å². The fraction of sp³-hybridized carbons (Fsp3) is 0.323. The number of likely N-dealkylation sites (N-methyl/N-ethyl adjacent to an activating group) is 1. The summed E-state index contributed by atoms with van der Waals surface area (Å²) in [6.45, 7) is 3.85. The van der Waals surface area contributed by atoms with Crippen LogP contribution in [0.1, 0.15) is 25.3 Å². The molecule has 3 aromatic carbocycles. The summed E-state index contributed by atoms with van der Waals surface area (Å²) in [5.74, 6) is 0.678. The zero-order chi connectivity index (χ0) is 30.3. The molecule has 6 rings (SSSR count). The fourth-order valence-corrected chi connectivity index (χ4v) is 7.07. The second-order valence-electron chi connectivity index (χ2n) is 11.0. The maximum Gasteiger partial charge on any atom is 0.259 e. The van der Waals surface area contributed by atoms with Crippen molar-refractivity contribution in [1.29, 1.82) is 0 Å². The number of halogens is 1. The lowest BCUT2D eigenvalue weighted by atomic mass is 10.1. The lowest BCUT2D eigenvalue weighted by molar-refractivity contribution is 0.302. The first-order valence-electron chi connectivity index (χ1n) is 14.2. The van der Waals surface area contributed by atoms with Gasteiger partial charge >= 0.3 is 0 Å². The Balaban J connectivity index is 1.40. The second-order valence-corrected chi connectivity index (χ2v) is 13.4. The normalized spacial score (nSPS) is 16.1. The van der Waals surface area contributed by atoms with Gasteiger partial charge in [-0.1, -0.05) is 30.7 Å². The molecule has 1 unspecified atom stereocenters. The Morgan fingerprint density at radius 2 is 1.88 bits per heavy atom. The number of nitrogens with zero attached hydrogens (tertiary/aromatic N) is 5. The van der Waals surface area contributed by atoms with Crippen LogP contribution in [0, 0.1) is 0 Å². The first-order chi connectivity index (χ1) is 20.6. The van der Waals surface area contributed by atoms with E-state index in [-0.39, 0.29) is 22.3 Å². The van der Waals surface area contributed by atoms with Crippen molar-refractivity contribution in [2.24, 2.45) is 0 Å². The fourth-order valence-electron chi connectivity index (χ4n) is 5.42. The minimum Gasteiger partial charge on any atom is -0.493 e. The Morgan fingerprint density at radius 3 is 2.60 bits per heavy atom. The molecule has 1 atom stereocenters. The summed E-state index contributed by atoms with van der Waals surface area (Å²) in [6.07, 6.45) is 3.26. The topological polar surface area (TPSA) is 113 Å². The number of benzene rings is 3. The molecule has 224 valence electrons. The van der Waals surface area contributed by atoms with Crippen LogP contribution in [0.5, 0.6) is 5.75 Å². The van der Waals surface area contributed by atoms with Gasteiger partial charge in [-0.15, -0.1) is 0 Å². The van der Waals surface area contributed by atoms with E-state index in [1.54, 1.807) is 36.7 Å². The number of aromatic nitrogens is 4. The van der Waals surface area contributed by atoms with Gasteiger partial charge in [-0.3, -0.25) is 4.79 Å². The predicted octanol–water partition coefficient (Wildman–Crippen LogP) is 4.75. The Bertz CT molecular complexity index is 1970. The van der Waals surface area contributed by atoms with Crippen LogP contribution in [0.3, 0.4) is 0 Å². The number of fused-ring (bicyclic) bond motifs is 2. The Morgan fingerprint density at radius 1 is 1.09 bits per heavy atom. The van der Waals surface area contributed by atoms with Crippen LogP contribution in [0.25, 0.3) is 33.3 Å². The highest BCUT2D eigenvalue weighted by atomic mass is 35.5. The van der Waals surface area contributed by atoms with E-state index in [0.717, 1.165) is 23.9 Å².